The molecule has 0 unspecified atom stereocenters. The summed E-state index contributed by atoms with van der Waals surface area (Å²) in [5, 5.41) is 12.1. The van der Waals surface area contributed by atoms with Crippen molar-refractivity contribution in [1.29, 1.82) is 0 Å². The first-order valence-electron chi connectivity index (χ1n) is 13.7. The van der Waals surface area contributed by atoms with Gasteiger partial charge >= 0.3 is 5.69 Å². The van der Waals surface area contributed by atoms with Crippen LogP contribution in [0.2, 0.25) is 0 Å². The third-order valence-electron chi connectivity index (χ3n) is 6.17. The number of pyridine rings is 1. The Morgan fingerprint density at radius 3 is 2.20 bits per heavy atom. The smallest absolute Gasteiger partial charge is 0.335 e. The van der Waals surface area contributed by atoms with Crippen molar-refractivity contribution in [3.8, 4) is 17.2 Å². The predicted octanol–water partition coefficient (Wildman–Crippen LogP) is 4.34. The van der Waals surface area contributed by atoms with E-state index in [2.05, 4.69) is 10.3 Å². The average molecular weight is 766 g/mol. The number of amides is 1. The molecule has 1 amide bonds. The molecule has 0 aliphatic carbocycles. The summed E-state index contributed by atoms with van der Waals surface area (Å²) < 4.78 is 38.5. The van der Waals surface area contributed by atoms with Crippen molar-refractivity contribution in [2.24, 2.45) is 0 Å². The van der Waals surface area contributed by atoms with E-state index in [1.807, 2.05) is 13.8 Å². The van der Waals surface area contributed by atoms with Gasteiger partial charge in [0.15, 0.2) is 16.9 Å². The van der Waals surface area contributed by atoms with Crippen LogP contribution >= 0.6 is 0 Å². The van der Waals surface area contributed by atoms with Crippen LogP contribution < -0.4 is 31.5 Å². The molecule has 2 heterocycles. The number of fused-ring (bicyclic) bond motifs is 1. The summed E-state index contributed by atoms with van der Waals surface area (Å²) in [5.74, 6) is -0.842. The van der Waals surface area contributed by atoms with Crippen LogP contribution in [0.3, 0.4) is 0 Å². The molecule has 0 fully saturated rings. The van der Waals surface area contributed by atoms with Crippen LogP contribution in [0, 0.1) is 52.9 Å². The van der Waals surface area contributed by atoms with E-state index >= 15 is 0 Å². The zero-order valence-corrected chi connectivity index (χ0v) is 29.2. The number of aliphatic hydroxyl groups is 1. The van der Waals surface area contributed by atoms with Crippen LogP contribution in [0.1, 0.15) is 25.6 Å². The van der Waals surface area contributed by atoms with Gasteiger partial charge in [0.25, 0.3) is 11.5 Å². The number of hydrogen-bond donors (Lipinski definition) is 3. The number of anilines is 1. The van der Waals surface area contributed by atoms with E-state index in [9.17, 15) is 28.0 Å². The van der Waals surface area contributed by atoms with Crippen LogP contribution in [-0.4, -0.2) is 46.0 Å². The SMILES string of the molecule is CC.COc1cc2[nH]ccc(=O)c2cc1OC.O=C(Nc1cccc(F)c1)c1cn(CCO)c(=O)n(-c2ccc(F)cc2)c1=O.[HH].[Pr]. The number of aliphatic hydroxyl groups excluding tert-OH is 1. The number of nitrogens with one attached hydrogen (secondary N) is 2. The molecule has 2 aromatic heterocycles. The summed E-state index contributed by atoms with van der Waals surface area (Å²) in [7, 11) is 3.10. The van der Waals surface area contributed by atoms with Gasteiger partial charge in [0.1, 0.15) is 17.2 Å². The van der Waals surface area contributed by atoms with Gasteiger partial charge in [0.2, 0.25) is 0 Å². The third-order valence-corrected chi connectivity index (χ3v) is 6.17. The van der Waals surface area contributed by atoms with Gasteiger partial charge in [0, 0.05) is 78.3 Å². The van der Waals surface area contributed by atoms with Gasteiger partial charge in [-0.05, 0) is 48.5 Å². The second-order valence-electron chi connectivity index (χ2n) is 8.92. The molecule has 0 atom stereocenters. The zero-order valence-electron chi connectivity index (χ0n) is 25.5. The summed E-state index contributed by atoms with van der Waals surface area (Å²) in [4.78, 5) is 52.5. The van der Waals surface area contributed by atoms with E-state index in [1.165, 1.54) is 36.4 Å². The Balaban J connectivity index is 0.000000494. The summed E-state index contributed by atoms with van der Waals surface area (Å²) in [6.07, 6.45) is 2.63. The molecule has 0 saturated heterocycles. The maximum absolute atomic E-state index is 13.3. The number of hydrogen-bond acceptors (Lipinski definition) is 7. The van der Waals surface area contributed by atoms with E-state index in [1.54, 1.807) is 32.5 Å². The summed E-state index contributed by atoms with van der Waals surface area (Å²) in [6, 6.07) is 14.5. The largest absolute Gasteiger partial charge is 0.493 e. The van der Waals surface area contributed by atoms with Gasteiger partial charge in [-0.25, -0.2) is 18.1 Å². The van der Waals surface area contributed by atoms with Crippen LogP contribution in [0.15, 0.2) is 93.5 Å². The molecule has 11 nitrogen and oxygen atoms in total. The Bertz CT molecular complexity index is 1970. The fraction of sp³-hybridized carbons (Fsp3) is 0.188. The van der Waals surface area contributed by atoms with Crippen LogP contribution in [0.5, 0.6) is 11.5 Å². The molecule has 14 heteroatoms. The number of halogens is 2. The van der Waals surface area contributed by atoms with Crippen LogP contribution in [0.4, 0.5) is 14.5 Å². The van der Waals surface area contributed by atoms with Crippen LogP contribution in [0.25, 0.3) is 16.6 Å². The molecule has 0 bridgehead atoms. The number of H-pyrrole nitrogens is 1. The molecule has 3 aromatic carbocycles. The number of ether oxygens (including phenoxy) is 2. The maximum Gasteiger partial charge on any atom is 0.335 e. The van der Waals surface area contributed by atoms with Crippen molar-refractivity contribution >= 4 is 22.5 Å². The van der Waals surface area contributed by atoms with Crippen molar-refractivity contribution in [2.75, 3.05) is 26.1 Å². The van der Waals surface area contributed by atoms with Gasteiger partial charge in [-0.1, -0.05) is 19.9 Å². The number of rotatable bonds is 7. The Kier molecular flexibility index (Phi) is 14.9. The first-order valence-corrected chi connectivity index (χ1v) is 13.7. The van der Waals surface area contributed by atoms with E-state index in [0.717, 1.165) is 34.5 Å². The Morgan fingerprint density at radius 1 is 0.935 bits per heavy atom. The zero-order chi connectivity index (χ0) is 33.1. The molecule has 0 aliphatic rings. The quantitative estimate of drug-likeness (QED) is 0.224. The fourth-order valence-electron chi connectivity index (χ4n) is 4.11. The predicted molar refractivity (Wildman–Crippen MR) is 169 cm³/mol. The van der Waals surface area contributed by atoms with Crippen molar-refractivity contribution < 1.29 is 70.9 Å². The molecule has 241 valence electrons. The molecule has 3 N–H and O–H groups in total. The number of methoxy groups -OCH3 is 2. The van der Waals surface area contributed by atoms with Crippen molar-refractivity contribution in [1.82, 2.24) is 14.1 Å². The molecule has 0 aliphatic heterocycles. The number of nitrogens with zero attached hydrogens (tertiary/aromatic N) is 2. The number of aromatic nitrogens is 3. The average Bonchev–Trinajstić information content (AvgIpc) is 3.04. The number of benzene rings is 3. The first-order chi connectivity index (χ1) is 21.7. The second kappa shape index (κ2) is 18.1. The number of carbonyl (C=O) groups excluding carboxylic acids is 1. The molecular weight excluding hydrogens is 731 g/mol. The van der Waals surface area contributed by atoms with Gasteiger partial charge < -0.3 is 24.9 Å². The topological polar surface area (TPSA) is 145 Å². The summed E-state index contributed by atoms with van der Waals surface area (Å²) in [6.45, 7) is 3.42. The fourth-order valence-corrected chi connectivity index (χ4v) is 4.11. The molecule has 1 radical (unpaired) electrons. The van der Waals surface area contributed by atoms with Crippen molar-refractivity contribution in [3.63, 3.8) is 0 Å². The number of aromatic amines is 1. The third kappa shape index (κ3) is 9.18. The van der Waals surface area contributed by atoms with E-state index in [-0.39, 0.29) is 66.1 Å². The minimum atomic E-state index is -0.931. The molecule has 0 spiro atoms. The van der Waals surface area contributed by atoms with Gasteiger partial charge in [-0.2, -0.15) is 0 Å². The van der Waals surface area contributed by atoms with E-state index in [4.69, 9.17) is 14.6 Å². The van der Waals surface area contributed by atoms with Crippen molar-refractivity contribution in [3.05, 3.63) is 127 Å². The Morgan fingerprint density at radius 2 is 1.59 bits per heavy atom. The first kappa shape index (κ1) is 38.0. The normalized spacial score (nSPS) is 9.98. The van der Waals surface area contributed by atoms with E-state index < -0.39 is 41.0 Å². The number of carbonyl (C=O) groups is 1. The molecular formula is C32H34F2N4O7Pr. The van der Waals surface area contributed by atoms with E-state index in [0.29, 0.717) is 21.5 Å². The Labute approximate surface area is 296 Å². The second-order valence-corrected chi connectivity index (χ2v) is 8.92. The molecule has 46 heavy (non-hydrogen) atoms. The molecule has 5 aromatic rings. The minimum Gasteiger partial charge on any atom is -0.493 e. The van der Waals surface area contributed by atoms with Gasteiger partial charge in [-0.15, -0.1) is 0 Å². The minimum absolute atomic E-state index is 0. The van der Waals surface area contributed by atoms with Crippen molar-refractivity contribution in [2.45, 2.75) is 20.4 Å². The maximum atomic E-state index is 13.3. The molecule has 0 saturated carbocycles. The van der Waals surface area contributed by atoms with Gasteiger partial charge in [0.05, 0.1) is 38.6 Å². The summed E-state index contributed by atoms with van der Waals surface area (Å²) >= 11 is 0. The van der Waals surface area contributed by atoms with Gasteiger partial charge in [-0.3, -0.25) is 19.0 Å². The monoisotopic (exact) mass is 765 g/mol. The standard InChI is InChI=1S/C19H15F2N3O4.C11H11NO3.C2H6.Pr.H2/c20-12-4-6-15(7-5-12)24-18(27)16(11-23(8-9-25)19(24)28)17(26)22-14-3-1-2-13(21)10-14;1-14-10-5-7-8(6-11(10)15-2)12-4-3-9(7)13;1-2;;/h1-7,10-11,25H,8-9H2,(H,22,26);3-6H,1-2H3,(H,12,13);1-2H3;;1H. The Hall–Kier alpha value is -4.20. The summed E-state index contributed by atoms with van der Waals surface area (Å²) in [5.41, 5.74) is -1.25. The molecule has 5 rings (SSSR count). The van der Waals surface area contributed by atoms with Crippen LogP contribution in [-0.2, 0) is 6.54 Å².